The van der Waals surface area contributed by atoms with Gasteiger partial charge in [0.2, 0.25) is 0 Å². The zero-order valence-corrected chi connectivity index (χ0v) is 34.5. The molecule has 1 rings (SSSR count). The van der Waals surface area contributed by atoms with Crippen molar-refractivity contribution < 1.29 is 53.8 Å². The highest BCUT2D eigenvalue weighted by molar-refractivity contribution is 5.73. The number of carboxylic acid groups (broad SMARTS) is 1. The fourth-order valence-corrected chi connectivity index (χ4v) is 5.69. The second-order valence-electron chi connectivity index (χ2n) is 14.1. The van der Waals surface area contributed by atoms with Gasteiger partial charge in [0, 0.05) is 6.42 Å². The molecule has 1 aliphatic rings. The Labute approximate surface area is 341 Å². The second kappa shape index (κ2) is 35.5. The lowest BCUT2D eigenvalue weighted by Gasteiger charge is -2.38. The summed E-state index contributed by atoms with van der Waals surface area (Å²) in [7, 11) is 0. The van der Waals surface area contributed by atoms with Crippen LogP contribution < -0.4 is 0 Å². The number of esters is 2. The van der Waals surface area contributed by atoms with Gasteiger partial charge in [0.15, 0.2) is 18.5 Å². The number of carbonyl (C=O) groups is 3. The van der Waals surface area contributed by atoms with E-state index in [1.165, 1.54) is 25.7 Å². The van der Waals surface area contributed by atoms with Crippen LogP contribution in [0.1, 0.15) is 136 Å². The van der Waals surface area contributed by atoms with E-state index in [-0.39, 0.29) is 19.4 Å². The van der Waals surface area contributed by atoms with Crippen molar-refractivity contribution in [3.63, 3.8) is 0 Å². The van der Waals surface area contributed by atoms with Crippen LogP contribution in [-0.4, -0.2) is 88.4 Å². The number of aliphatic carboxylic acids is 1. The molecule has 11 heteroatoms. The number of carbonyl (C=O) groups excluding carboxylic acids is 2. The van der Waals surface area contributed by atoms with E-state index in [0.29, 0.717) is 12.8 Å². The van der Waals surface area contributed by atoms with Gasteiger partial charge in [-0.1, -0.05) is 137 Å². The fraction of sp³-hybridized carbons (Fsp3) is 0.630. The van der Waals surface area contributed by atoms with Crippen LogP contribution in [0.25, 0.3) is 0 Å². The lowest BCUT2D eigenvalue weighted by molar-refractivity contribution is -0.298. The Morgan fingerprint density at radius 3 is 1.65 bits per heavy atom. The topological polar surface area (TPSA) is 169 Å². The summed E-state index contributed by atoms with van der Waals surface area (Å²) in [5, 5.41) is 39.7. The van der Waals surface area contributed by atoms with Crippen molar-refractivity contribution in [1.82, 2.24) is 0 Å². The average Bonchev–Trinajstić information content (AvgIpc) is 3.19. The monoisotopic (exact) mass is 801 g/mol. The number of carboxylic acids is 1. The Hall–Kier alpha value is -3.61. The van der Waals surface area contributed by atoms with Crippen molar-refractivity contribution in [2.24, 2.45) is 0 Å². The van der Waals surface area contributed by atoms with E-state index in [4.69, 9.17) is 18.9 Å². The maximum absolute atomic E-state index is 12.7. The third-order valence-corrected chi connectivity index (χ3v) is 9.01. The van der Waals surface area contributed by atoms with Crippen LogP contribution in [0.4, 0.5) is 0 Å². The van der Waals surface area contributed by atoms with Crippen LogP contribution >= 0.6 is 0 Å². The van der Waals surface area contributed by atoms with Gasteiger partial charge < -0.3 is 39.4 Å². The molecule has 6 atom stereocenters. The van der Waals surface area contributed by atoms with Crippen LogP contribution in [0.3, 0.4) is 0 Å². The Bertz CT molecular complexity index is 1260. The minimum atomic E-state index is -1.88. The van der Waals surface area contributed by atoms with Gasteiger partial charge in [-0.05, 0) is 70.6 Å². The maximum atomic E-state index is 12.7. The molecule has 1 heterocycles. The third-order valence-electron chi connectivity index (χ3n) is 9.01. The van der Waals surface area contributed by atoms with Gasteiger partial charge in [-0.2, -0.15) is 0 Å². The van der Waals surface area contributed by atoms with E-state index in [0.717, 1.165) is 70.6 Å². The Morgan fingerprint density at radius 1 is 0.579 bits per heavy atom. The largest absolute Gasteiger partial charge is 0.479 e. The summed E-state index contributed by atoms with van der Waals surface area (Å²) in [6.07, 6.45) is 36.6. The molecule has 0 saturated carbocycles. The van der Waals surface area contributed by atoms with Gasteiger partial charge >= 0.3 is 17.9 Å². The van der Waals surface area contributed by atoms with Gasteiger partial charge in [0.05, 0.1) is 13.0 Å². The Kier molecular flexibility index (Phi) is 32.1. The molecule has 0 aromatic rings. The van der Waals surface area contributed by atoms with Crippen LogP contribution in [0.15, 0.2) is 85.1 Å². The Morgan fingerprint density at radius 2 is 1.09 bits per heavy atom. The molecular weight excluding hydrogens is 728 g/mol. The molecule has 0 radical (unpaired) electrons. The number of unbranched alkanes of at least 4 members (excludes halogenated alkanes) is 9. The number of aliphatic hydroxyl groups is 3. The van der Waals surface area contributed by atoms with Gasteiger partial charge in [-0.3, -0.25) is 9.59 Å². The molecule has 6 unspecified atom stereocenters. The van der Waals surface area contributed by atoms with Crippen molar-refractivity contribution in [1.29, 1.82) is 0 Å². The van der Waals surface area contributed by atoms with E-state index in [9.17, 15) is 34.8 Å². The first-order valence-electron chi connectivity index (χ1n) is 21.1. The lowest BCUT2D eigenvalue weighted by atomic mass is 9.99. The number of hydrogen-bond donors (Lipinski definition) is 4. The number of rotatable bonds is 33. The number of hydrogen-bond acceptors (Lipinski definition) is 10. The van der Waals surface area contributed by atoms with Crippen LogP contribution in [0.2, 0.25) is 0 Å². The van der Waals surface area contributed by atoms with Crippen molar-refractivity contribution in [2.75, 3.05) is 13.2 Å². The van der Waals surface area contributed by atoms with Gasteiger partial charge in [-0.15, -0.1) is 0 Å². The summed E-state index contributed by atoms with van der Waals surface area (Å²) in [6, 6.07) is 0. The Balaban J connectivity index is 2.48. The highest BCUT2D eigenvalue weighted by Crippen LogP contribution is 2.23. The minimum Gasteiger partial charge on any atom is -0.479 e. The average molecular weight is 801 g/mol. The van der Waals surface area contributed by atoms with Gasteiger partial charge in [0.1, 0.15) is 24.9 Å². The van der Waals surface area contributed by atoms with Gasteiger partial charge in [0.25, 0.3) is 0 Å². The first kappa shape index (κ1) is 51.4. The summed E-state index contributed by atoms with van der Waals surface area (Å²) in [6.45, 7) is 3.55. The predicted octanol–water partition coefficient (Wildman–Crippen LogP) is 8.70. The first-order valence-corrected chi connectivity index (χ1v) is 21.1. The van der Waals surface area contributed by atoms with E-state index >= 15 is 0 Å². The molecular formula is C46H72O11. The number of ether oxygens (including phenoxy) is 4. The standard InChI is InChI=1S/C46H72O11/c1-3-5-7-9-11-13-15-17-19-21-23-25-27-29-31-33-35-40(48)56-38(37-55-46-43(51)41(49)42(50)44(57-46)45(52)53)36-54-39(47)34-32-30-28-26-24-22-20-18-16-14-12-10-8-6-4-2/h6,8,12-15,18-21,24,26,30,32,38,41-44,46,49-51H,3-5,7,9-11,16-17,22-23,25,27-29,31,33-37H2,1-2H3,(H,52,53)/b8-6-,14-12-,15-13-,20-18-,21-19-,26-24-,32-30-. The molecule has 1 saturated heterocycles. The molecule has 57 heavy (non-hydrogen) atoms. The van der Waals surface area contributed by atoms with E-state index in [1.807, 2.05) is 18.2 Å². The quantitative estimate of drug-likeness (QED) is 0.0285. The summed E-state index contributed by atoms with van der Waals surface area (Å²) >= 11 is 0. The molecule has 0 bridgehead atoms. The smallest absolute Gasteiger partial charge is 0.335 e. The second-order valence-corrected chi connectivity index (χ2v) is 14.1. The molecule has 0 spiro atoms. The summed E-state index contributed by atoms with van der Waals surface area (Å²) in [4.78, 5) is 36.7. The zero-order chi connectivity index (χ0) is 41.8. The van der Waals surface area contributed by atoms with E-state index < -0.39 is 61.3 Å². The van der Waals surface area contributed by atoms with E-state index in [2.05, 4.69) is 74.6 Å². The van der Waals surface area contributed by atoms with Crippen molar-refractivity contribution in [2.45, 2.75) is 173 Å². The molecule has 0 aromatic carbocycles. The molecule has 4 N–H and O–H groups in total. The summed E-state index contributed by atoms with van der Waals surface area (Å²) in [5.74, 6) is -2.63. The SMILES string of the molecule is CC/C=C\C/C=C\C/C=C\C/C=C\C/C=C\CC(=O)OCC(COC1OC(C(=O)O)C(O)C(O)C1O)OC(=O)CCCCCCC/C=C\C/C=C\CCCCCC. The molecule has 0 amide bonds. The number of allylic oxidation sites excluding steroid dienone is 13. The summed E-state index contributed by atoms with van der Waals surface area (Å²) < 4.78 is 21.6. The first-order chi connectivity index (χ1) is 27.7. The normalized spacial score (nSPS) is 21.0. The van der Waals surface area contributed by atoms with Crippen LogP contribution in [-0.2, 0) is 33.3 Å². The molecule has 11 nitrogen and oxygen atoms in total. The van der Waals surface area contributed by atoms with E-state index in [1.54, 1.807) is 6.08 Å². The van der Waals surface area contributed by atoms with Crippen molar-refractivity contribution in [3.8, 4) is 0 Å². The van der Waals surface area contributed by atoms with Crippen molar-refractivity contribution in [3.05, 3.63) is 85.1 Å². The van der Waals surface area contributed by atoms with Gasteiger partial charge in [-0.25, -0.2) is 4.79 Å². The number of aliphatic hydroxyl groups excluding tert-OH is 3. The highest BCUT2D eigenvalue weighted by atomic mass is 16.7. The van der Waals surface area contributed by atoms with Crippen LogP contribution in [0.5, 0.6) is 0 Å². The molecule has 1 aliphatic heterocycles. The highest BCUT2D eigenvalue weighted by Gasteiger charge is 2.47. The summed E-state index contributed by atoms with van der Waals surface area (Å²) in [5.41, 5.74) is 0. The predicted molar refractivity (Wildman–Crippen MR) is 224 cm³/mol. The van der Waals surface area contributed by atoms with Crippen LogP contribution in [0, 0.1) is 0 Å². The molecule has 322 valence electrons. The fourth-order valence-electron chi connectivity index (χ4n) is 5.69. The maximum Gasteiger partial charge on any atom is 0.335 e. The molecule has 0 aliphatic carbocycles. The molecule has 1 fully saturated rings. The third kappa shape index (κ3) is 27.6. The zero-order valence-electron chi connectivity index (χ0n) is 34.5. The minimum absolute atomic E-state index is 0.00407. The van der Waals surface area contributed by atoms with Crippen molar-refractivity contribution >= 4 is 17.9 Å². The lowest BCUT2D eigenvalue weighted by Crippen LogP contribution is -2.60. The molecule has 0 aromatic heterocycles.